The first-order valence-electron chi connectivity index (χ1n) is 7.32. The summed E-state index contributed by atoms with van der Waals surface area (Å²) >= 11 is 0. The Bertz CT molecular complexity index is 505. The van der Waals surface area contributed by atoms with Crippen LogP contribution in [-0.4, -0.2) is 66.5 Å². The molecule has 2 saturated heterocycles. The second-order valence-electron chi connectivity index (χ2n) is 5.58. The number of amides is 3. The third-order valence-electron chi connectivity index (χ3n) is 4.21. The number of imide groups is 1. The van der Waals surface area contributed by atoms with Crippen molar-refractivity contribution in [1.82, 2.24) is 15.1 Å². The van der Waals surface area contributed by atoms with E-state index in [2.05, 4.69) is 10.1 Å². The number of nitrogens with one attached hydrogen (secondary N) is 1. The van der Waals surface area contributed by atoms with E-state index in [9.17, 15) is 14.4 Å². The zero-order valence-electron chi connectivity index (χ0n) is 12.6. The van der Waals surface area contributed by atoms with E-state index in [0.717, 1.165) is 0 Å². The SMILES string of the molecule is COC(=O)CN1CCC2(CC1)NC(=O)N(CCCC#N)C2=O. The van der Waals surface area contributed by atoms with Gasteiger partial charge in [0.05, 0.1) is 19.7 Å². The maximum absolute atomic E-state index is 12.5. The highest BCUT2D eigenvalue weighted by atomic mass is 16.5. The number of hydrogen-bond acceptors (Lipinski definition) is 6. The number of nitriles is 1. The van der Waals surface area contributed by atoms with Gasteiger partial charge in [-0.05, 0) is 19.3 Å². The van der Waals surface area contributed by atoms with Gasteiger partial charge in [0, 0.05) is 26.1 Å². The predicted octanol–water partition coefficient (Wildman–Crippen LogP) is -0.150. The topological polar surface area (TPSA) is 103 Å². The van der Waals surface area contributed by atoms with Crippen molar-refractivity contribution in [2.45, 2.75) is 31.2 Å². The Kier molecular flexibility index (Phi) is 4.98. The summed E-state index contributed by atoms with van der Waals surface area (Å²) in [5, 5.41) is 11.3. The average Bonchev–Trinajstić information content (AvgIpc) is 2.74. The molecule has 120 valence electrons. The third-order valence-corrected chi connectivity index (χ3v) is 4.21. The largest absolute Gasteiger partial charge is 0.468 e. The molecule has 2 aliphatic rings. The normalized spacial score (nSPS) is 20.8. The van der Waals surface area contributed by atoms with Crippen LogP contribution in [0, 0.1) is 11.3 Å². The molecule has 8 nitrogen and oxygen atoms in total. The molecule has 1 N–H and O–H groups in total. The van der Waals surface area contributed by atoms with Crippen molar-refractivity contribution < 1.29 is 19.1 Å². The molecule has 0 aromatic heterocycles. The molecule has 2 fully saturated rings. The molecule has 2 rings (SSSR count). The Morgan fingerprint density at radius 2 is 2.09 bits per heavy atom. The molecule has 0 radical (unpaired) electrons. The van der Waals surface area contributed by atoms with E-state index in [1.54, 1.807) is 0 Å². The van der Waals surface area contributed by atoms with Crippen LogP contribution in [0.3, 0.4) is 0 Å². The zero-order chi connectivity index (χ0) is 16.2. The minimum absolute atomic E-state index is 0.195. The summed E-state index contributed by atoms with van der Waals surface area (Å²) in [7, 11) is 1.34. The number of carbonyl (C=O) groups is 3. The molecule has 2 aliphatic heterocycles. The molecule has 0 saturated carbocycles. The monoisotopic (exact) mass is 308 g/mol. The fraction of sp³-hybridized carbons (Fsp3) is 0.714. The molecule has 0 bridgehead atoms. The van der Waals surface area contributed by atoms with Gasteiger partial charge in [-0.15, -0.1) is 0 Å². The van der Waals surface area contributed by atoms with Crippen LogP contribution in [0.25, 0.3) is 0 Å². The van der Waals surface area contributed by atoms with Gasteiger partial charge < -0.3 is 10.1 Å². The number of methoxy groups -OCH3 is 1. The Labute approximate surface area is 129 Å². The number of hydrogen-bond donors (Lipinski definition) is 1. The molecular formula is C14H20N4O4. The van der Waals surface area contributed by atoms with Crippen molar-refractivity contribution in [3.05, 3.63) is 0 Å². The summed E-state index contributed by atoms with van der Waals surface area (Å²) in [6, 6.07) is 1.62. The third kappa shape index (κ3) is 3.20. The van der Waals surface area contributed by atoms with Crippen LogP contribution in [0.1, 0.15) is 25.7 Å². The fourth-order valence-electron chi connectivity index (χ4n) is 2.87. The van der Waals surface area contributed by atoms with E-state index in [1.165, 1.54) is 12.0 Å². The van der Waals surface area contributed by atoms with Crippen molar-refractivity contribution >= 4 is 17.9 Å². The molecule has 22 heavy (non-hydrogen) atoms. The molecule has 0 unspecified atom stereocenters. The Morgan fingerprint density at radius 3 is 2.68 bits per heavy atom. The maximum Gasteiger partial charge on any atom is 0.325 e. The quantitative estimate of drug-likeness (QED) is 0.430. The summed E-state index contributed by atoms with van der Waals surface area (Å²) in [6.45, 7) is 1.56. The summed E-state index contributed by atoms with van der Waals surface area (Å²) in [4.78, 5) is 38.9. The number of carbonyl (C=O) groups excluding carboxylic acids is 3. The Balaban J connectivity index is 1.93. The van der Waals surface area contributed by atoms with E-state index < -0.39 is 5.54 Å². The number of likely N-dealkylation sites (tertiary alicyclic amines) is 1. The van der Waals surface area contributed by atoms with E-state index in [4.69, 9.17) is 5.26 Å². The molecular weight excluding hydrogens is 288 g/mol. The first kappa shape index (κ1) is 16.2. The minimum Gasteiger partial charge on any atom is -0.468 e. The average molecular weight is 308 g/mol. The van der Waals surface area contributed by atoms with Crippen LogP contribution in [0.5, 0.6) is 0 Å². The van der Waals surface area contributed by atoms with Crippen LogP contribution in [-0.2, 0) is 14.3 Å². The lowest BCUT2D eigenvalue weighted by molar-refractivity contribution is -0.142. The molecule has 8 heteroatoms. The highest BCUT2D eigenvalue weighted by Gasteiger charge is 2.52. The van der Waals surface area contributed by atoms with Gasteiger partial charge in [0.15, 0.2) is 0 Å². The molecule has 0 atom stereocenters. The minimum atomic E-state index is -0.851. The van der Waals surface area contributed by atoms with Gasteiger partial charge in [-0.25, -0.2) is 4.79 Å². The van der Waals surface area contributed by atoms with E-state index in [-0.39, 0.29) is 31.0 Å². The predicted molar refractivity (Wildman–Crippen MR) is 75.5 cm³/mol. The number of esters is 1. The van der Waals surface area contributed by atoms with Gasteiger partial charge in [-0.2, -0.15) is 5.26 Å². The molecule has 2 heterocycles. The van der Waals surface area contributed by atoms with Gasteiger partial charge in [0.1, 0.15) is 5.54 Å². The number of nitrogens with zero attached hydrogens (tertiary/aromatic N) is 3. The lowest BCUT2D eigenvalue weighted by Crippen LogP contribution is -2.55. The number of ether oxygens (including phenoxy) is 1. The number of unbranched alkanes of at least 4 members (excludes halogenated alkanes) is 1. The van der Waals surface area contributed by atoms with Crippen molar-refractivity contribution in [2.24, 2.45) is 0 Å². The standard InChI is InChI=1S/C14H20N4O4/c1-22-11(19)10-17-8-4-14(5-9-17)12(20)18(13(21)16-14)7-3-2-6-15/h2-5,7-10H2,1H3,(H,16,21). The van der Waals surface area contributed by atoms with Gasteiger partial charge >= 0.3 is 12.0 Å². The van der Waals surface area contributed by atoms with Gasteiger partial charge in [0.25, 0.3) is 5.91 Å². The highest BCUT2D eigenvalue weighted by molar-refractivity contribution is 6.07. The lowest BCUT2D eigenvalue weighted by Gasteiger charge is -2.36. The highest BCUT2D eigenvalue weighted by Crippen LogP contribution is 2.29. The molecule has 1 spiro atoms. The van der Waals surface area contributed by atoms with Crippen LogP contribution in [0.15, 0.2) is 0 Å². The van der Waals surface area contributed by atoms with Crippen molar-refractivity contribution in [2.75, 3.05) is 33.3 Å². The van der Waals surface area contributed by atoms with E-state index in [0.29, 0.717) is 38.8 Å². The second kappa shape index (κ2) is 6.75. The summed E-state index contributed by atoms with van der Waals surface area (Å²) in [6.07, 6.45) is 1.75. The number of urea groups is 1. The zero-order valence-corrected chi connectivity index (χ0v) is 12.6. The van der Waals surface area contributed by atoms with Gasteiger partial charge in [-0.1, -0.05) is 0 Å². The summed E-state index contributed by atoms with van der Waals surface area (Å²) in [5.74, 6) is -0.524. The first-order chi connectivity index (χ1) is 10.5. The van der Waals surface area contributed by atoms with E-state index >= 15 is 0 Å². The van der Waals surface area contributed by atoms with E-state index in [1.807, 2.05) is 11.0 Å². The Hall–Kier alpha value is -2.14. The van der Waals surface area contributed by atoms with Crippen LogP contribution in [0.2, 0.25) is 0 Å². The number of piperidine rings is 1. The van der Waals surface area contributed by atoms with Gasteiger partial charge in [-0.3, -0.25) is 19.4 Å². The van der Waals surface area contributed by atoms with Crippen LogP contribution in [0.4, 0.5) is 4.79 Å². The Morgan fingerprint density at radius 1 is 1.41 bits per heavy atom. The maximum atomic E-state index is 12.5. The van der Waals surface area contributed by atoms with Crippen molar-refractivity contribution in [3.8, 4) is 6.07 Å². The fourth-order valence-corrected chi connectivity index (χ4v) is 2.87. The lowest BCUT2D eigenvalue weighted by atomic mass is 9.87. The summed E-state index contributed by atoms with van der Waals surface area (Å²) in [5.41, 5.74) is -0.851. The first-order valence-corrected chi connectivity index (χ1v) is 7.32. The molecule has 0 aliphatic carbocycles. The smallest absolute Gasteiger partial charge is 0.325 e. The number of rotatable bonds is 5. The molecule has 0 aromatic rings. The second-order valence-corrected chi connectivity index (χ2v) is 5.58. The van der Waals surface area contributed by atoms with Gasteiger partial charge in [0.2, 0.25) is 0 Å². The molecule has 3 amide bonds. The van der Waals surface area contributed by atoms with Crippen molar-refractivity contribution in [3.63, 3.8) is 0 Å². The summed E-state index contributed by atoms with van der Waals surface area (Å²) < 4.78 is 4.63. The van der Waals surface area contributed by atoms with Crippen LogP contribution >= 0.6 is 0 Å². The van der Waals surface area contributed by atoms with Crippen molar-refractivity contribution in [1.29, 1.82) is 5.26 Å². The molecule has 0 aromatic carbocycles. The van der Waals surface area contributed by atoms with Crippen LogP contribution < -0.4 is 5.32 Å².